The monoisotopic (exact) mass is 342 g/mol. The summed E-state index contributed by atoms with van der Waals surface area (Å²) in [6.07, 6.45) is 4.01. The third-order valence-corrected chi connectivity index (χ3v) is 5.06. The summed E-state index contributed by atoms with van der Waals surface area (Å²) in [7, 11) is 0. The van der Waals surface area contributed by atoms with Crippen LogP contribution in [0.25, 0.3) is 0 Å². The predicted octanol–water partition coefficient (Wildman–Crippen LogP) is 3.20. The van der Waals surface area contributed by atoms with Gasteiger partial charge in [-0.05, 0) is 59.8 Å². The largest absolute Gasteiger partial charge is 0.333 e. The molecule has 2 bridgehead atoms. The average molecular weight is 344 g/mol. The maximum absolute atomic E-state index is 12.7. The number of amides is 1. The zero-order valence-electron chi connectivity index (χ0n) is 10.5. The lowest BCUT2D eigenvalue weighted by molar-refractivity contribution is 0.0574. The molecule has 5 heteroatoms. The molecule has 1 aromatic carbocycles. The van der Waals surface area contributed by atoms with Crippen LogP contribution in [0.15, 0.2) is 22.7 Å². The van der Waals surface area contributed by atoms with Gasteiger partial charge in [0.2, 0.25) is 0 Å². The molecule has 1 aromatic rings. The van der Waals surface area contributed by atoms with Crippen LogP contribution in [0.4, 0.5) is 0 Å². The Labute approximate surface area is 126 Å². The molecule has 0 aromatic heterocycles. The molecule has 0 radical (unpaired) electrons. The van der Waals surface area contributed by atoms with Crippen molar-refractivity contribution in [2.45, 2.75) is 43.8 Å². The van der Waals surface area contributed by atoms with E-state index in [2.05, 4.69) is 15.9 Å². The second-order valence-corrected chi connectivity index (χ2v) is 6.74. The highest BCUT2D eigenvalue weighted by atomic mass is 79.9. The molecule has 3 rings (SSSR count). The van der Waals surface area contributed by atoms with E-state index in [4.69, 9.17) is 17.3 Å². The molecule has 0 aliphatic carbocycles. The minimum Gasteiger partial charge on any atom is -0.333 e. The van der Waals surface area contributed by atoms with E-state index in [0.717, 1.165) is 30.2 Å². The number of nitrogens with zero attached hydrogens (tertiary/aromatic N) is 1. The summed E-state index contributed by atoms with van der Waals surface area (Å²) >= 11 is 9.35. The number of hydrogen-bond donors (Lipinski definition) is 1. The van der Waals surface area contributed by atoms with Crippen molar-refractivity contribution in [2.24, 2.45) is 5.73 Å². The second-order valence-electron chi connectivity index (χ2n) is 5.45. The fourth-order valence-electron chi connectivity index (χ4n) is 3.35. The summed E-state index contributed by atoms with van der Waals surface area (Å²) in [4.78, 5) is 14.8. The van der Waals surface area contributed by atoms with Gasteiger partial charge < -0.3 is 10.6 Å². The molecule has 2 atom stereocenters. The molecule has 2 aliphatic heterocycles. The number of rotatable bonds is 1. The van der Waals surface area contributed by atoms with Crippen LogP contribution < -0.4 is 5.73 Å². The van der Waals surface area contributed by atoms with E-state index in [-0.39, 0.29) is 11.9 Å². The van der Waals surface area contributed by atoms with Gasteiger partial charge in [0.15, 0.2) is 0 Å². The van der Waals surface area contributed by atoms with E-state index in [0.29, 0.717) is 22.7 Å². The molecule has 2 N–H and O–H groups in total. The quantitative estimate of drug-likeness (QED) is 0.851. The topological polar surface area (TPSA) is 46.3 Å². The smallest absolute Gasteiger partial charge is 0.255 e. The maximum atomic E-state index is 12.7. The van der Waals surface area contributed by atoms with E-state index in [1.165, 1.54) is 0 Å². The van der Waals surface area contributed by atoms with Gasteiger partial charge in [-0.1, -0.05) is 11.6 Å². The molecule has 19 heavy (non-hydrogen) atoms. The summed E-state index contributed by atoms with van der Waals surface area (Å²) < 4.78 is 0.763. The minimum atomic E-state index is 0.0999. The molecular weight excluding hydrogens is 328 g/mol. The molecule has 2 aliphatic rings. The van der Waals surface area contributed by atoms with Crippen molar-refractivity contribution >= 4 is 33.4 Å². The molecule has 1 amide bonds. The maximum Gasteiger partial charge on any atom is 0.255 e. The van der Waals surface area contributed by atoms with Crippen LogP contribution in [0.2, 0.25) is 5.02 Å². The van der Waals surface area contributed by atoms with Gasteiger partial charge in [-0.3, -0.25) is 4.79 Å². The standard InChI is InChI=1S/C14H16BrClN2O/c15-13-5-8(16)1-4-12(13)14(19)18-10-2-3-11(18)7-9(17)6-10/h1,4-5,9-11H,2-3,6-7,17H2. The highest BCUT2D eigenvalue weighted by Crippen LogP contribution is 2.37. The van der Waals surface area contributed by atoms with E-state index in [1.54, 1.807) is 18.2 Å². The third-order valence-electron chi connectivity index (χ3n) is 4.17. The highest BCUT2D eigenvalue weighted by Gasteiger charge is 2.42. The Kier molecular flexibility index (Phi) is 3.58. The van der Waals surface area contributed by atoms with Gasteiger partial charge in [0.1, 0.15) is 0 Å². The number of hydrogen-bond acceptors (Lipinski definition) is 2. The number of piperidine rings is 1. The van der Waals surface area contributed by atoms with E-state index in [9.17, 15) is 4.79 Å². The van der Waals surface area contributed by atoms with Crippen LogP contribution in [0.5, 0.6) is 0 Å². The number of fused-ring (bicyclic) bond motifs is 2. The van der Waals surface area contributed by atoms with Crippen LogP contribution in [0.3, 0.4) is 0 Å². The van der Waals surface area contributed by atoms with Gasteiger partial charge in [0.05, 0.1) is 5.56 Å². The molecule has 0 saturated carbocycles. The normalized spacial score (nSPS) is 29.6. The van der Waals surface area contributed by atoms with Crippen LogP contribution in [-0.4, -0.2) is 28.9 Å². The Hall–Kier alpha value is -0.580. The first kappa shape index (κ1) is 13.4. The summed E-state index contributed by atoms with van der Waals surface area (Å²) in [6.45, 7) is 0. The summed E-state index contributed by atoms with van der Waals surface area (Å²) in [6, 6.07) is 6.19. The SMILES string of the molecule is NC1CC2CCC(C1)N2C(=O)c1ccc(Cl)cc1Br. The van der Waals surface area contributed by atoms with Crippen molar-refractivity contribution in [3.05, 3.63) is 33.3 Å². The Balaban J connectivity index is 1.88. The number of benzene rings is 1. The molecule has 2 unspecified atom stereocenters. The van der Waals surface area contributed by atoms with Gasteiger partial charge in [-0.15, -0.1) is 0 Å². The summed E-state index contributed by atoms with van der Waals surface area (Å²) in [5.41, 5.74) is 6.73. The van der Waals surface area contributed by atoms with Crippen LogP contribution in [-0.2, 0) is 0 Å². The average Bonchev–Trinajstić information content (AvgIpc) is 2.61. The zero-order chi connectivity index (χ0) is 13.6. The molecule has 2 heterocycles. The lowest BCUT2D eigenvalue weighted by atomic mass is 9.97. The number of halogens is 2. The van der Waals surface area contributed by atoms with Gasteiger partial charge >= 0.3 is 0 Å². The Bertz CT molecular complexity index is 508. The first-order chi connectivity index (χ1) is 9.06. The van der Waals surface area contributed by atoms with Crippen molar-refractivity contribution in [3.63, 3.8) is 0 Å². The highest BCUT2D eigenvalue weighted by molar-refractivity contribution is 9.10. The van der Waals surface area contributed by atoms with E-state index in [1.807, 2.05) is 4.90 Å². The van der Waals surface area contributed by atoms with Crippen molar-refractivity contribution in [3.8, 4) is 0 Å². The Morgan fingerprint density at radius 3 is 2.53 bits per heavy atom. The fraction of sp³-hybridized carbons (Fsp3) is 0.500. The van der Waals surface area contributed by atoms with Crippen molar-refractivity contribution in [2.75, 3.05) is 0 Å². The summed E-state index contributed by atoms with van der Waals surface area (Å²) in [5.74, 6) is 0.0999. The lowest BCUT2D eigenvalue weighted by Crippen LogP contribution is -2.50. The summed E-state index contributed by atoms with van der Waals surface area (Å²) in [5, 5.41) is 0.632. The zero-order valence-corrected chi connectivity index (χ0v) is 12.8. The Morgan fingerprint density at radius 1 is 1.32 bits per heavy atom. The van der Waals surface area contributed by atoms with Gasteiger partial charge in [-0.25, -0.2) is 0 Å². The van der Waals surface area contributed by atoms with Crippen LogP contribution in [0, 0.1) is 0 Å². The molecule has 3 nitrogen and oxygen atoms in total. The first-order valence-electron chi connectivity index (χ1n) is 6.59. The van der Waals surface area contributed by atoms with Crippen LogP contribution in [0.1, 0.15) is 36.0 Å². The fourth-order valence-corrected chi connectivity index (χ4v) is 4.21. The van der Waals surface area contributed by atoms with E-state index >= 15 is 0 Å². The Morgan fingerprint density at radius 2 is 1.95 bits per heavy atom. The first-order valence-corrected chi connectivity index (χ1v) is 7.76. The predicted molar refractivity (Wildman–Crippen MR) is 79.3 cm³/mol. The van der Waals surface area contributed by atoms with Crippen molar-refractivity contribution < 1.29 is 4.79 Å². The second kappa shape index (κ2) is 5.08. The molecule has 2 saturated heterocycles. The molecule has 102 valence electrons. The van der Waals surface area contributed by atoms with Gasteiger partial charge in [0.25, 0.3) is 5.91 Å². The number of nitrogens with two attached hydrogens (primary N) is 1. The number of carbonyl (C=O) groups is 1. The minimum absolute atomic E-state index is 0.0999. The van der Waals surface area contributed by atoms with Gasteiger partial charge in [-0.2, -0.15) is 0 Å². The lowest BCUT2D eigenvalue weighted by Gasteiger charge is -2.38. The van der Waals surface area contributed by atoms with Gasteiger partial charge in [0, 0.05) is 27.6 Å². The third kappa shape index (κ3) is 2.41. The van der Waals surface area contributed by atoms with E-state index < -0.39 is 0 Å². The molecule has 2 fully saturated rings. The van der Waals surface area contributed by atoms with Crippen LogP contribution >= 0.6 is 27.5 Å². The molecular formula is C14H16BrClN2O. The van der Waals surface area contributed by atoms with Crippen molar-refractivity contribution in [1.29, 1.82) is 0 Å². The van der Waals surface area contributed by atoms with Crippen molar-refractivity contribution in [1.82, 2.24) is 4.90 Å². The number of carbonyl (C=O) groups excluding carboxylic acids is 1. The molecule has 0 spiro atoms.